The van der Waals surface area contributed by atoms with Crippen LogP contribution in [0.2, 0.25) is 0 Å². The molecule has 20 heavy (non-hydrogen) atoms. The third-order valence-electron chi connectivity index (χ3n) is 3.79. The topological polar surface area (TPSA) is 46.3 Å². The van der Waals surface area contributed by atoms with Gasteiger partial charge in [-0.05, 0) is 42.7 Å². The summed E-state index contributed by atoms with van der Waals surface area (Å²) in [6, 6.07) is 8.44. The normalized spacial score (nSPS) is 16.2. The summed E-state index contributed by atoms with van der Waals surface area (Å²) in [5.74, 6) is 0.277. The smallest absolute Gasteiger partial charge is 0.240 e. The highest BCUT2D eigenvalue weighted by Gasteiger charge is 2.35. The second-order valence-electron chi connectivity index (χ2n) is 5.82. The van der Waals surface area contributed by atoms with Gasteiger partial charge in [-0.15, -0.1) is 11.8 Å². The standard InChI is InChI=1S/C16H24N2OS/c1-11(2)15(17)16(19)18(13-6-7-13)10-12-4-8-14(20-3)9-5-12/h4-5,8-9,11,13,15H,6-7,10,17H2,1-3H3/t15-/m0/s1. The quantitative estimate of drug-likeness (QED) is 0.820. The van der Waals surface area contributed by atoms with Crippen LogP contribution in [0.3, 0.4) is 0 Å². The van der Waals surface area contributed by atoms with Gasteiger partial charge in [-0.3, -0.25) is 4.79 Å². The van der Waals surface area contributed by atoms with E-state index in [0.717, 1.165) is 12.8 Å². The molecule has 2 rings (SSSR count). The number of rotatable bonds is 6. The Morgan fingerprint density at radius 2 is 1.95 bits per heavy atom. The van der Waals surface area contributed by atoms with E-state index in [0.29, 0.717) is 12.6 Å². The number of carbonyl (C=O) groups is 1. The highest BCUT2D eigenvalue weighted by atomic mass is 32.2. The van der Waals surface area contributed by atoms with Crippen LogP contribution < -0.4 is 5.73 Å². The number of benzene rings is 1. The van der Waals surface area contributed by atoms with Gasteiger partial charge in [-0.2, -0.15) is 0 Å². The van der Waals surface area contributed by atoms with Crippen molar-refractivity contribution in [3.8, 4) is 0 Å². The second-order valence-corrected chi connectivity index (χ2v) is 6.69. The lowest BCUT2D eigenvalue weighted by Crippen LogP contribution is -2.47. The van der Waals surface area contributed by atoms with E-state index < -0.39 is 0 Å². The maximum atomic E-state index is 12.5. The highest BCUT2D eigenvalue weighted by molar-refractivity contribution is 7.98. The van der Waals surface area contributed by atoms with Crippen molar-refractivity contribution in [2.75, 3.05) is 6.26 Å². The molecule has 1 aromatic rings. The van der Waals surface area contributed by atoms with Crippen LogP contribution in [0.15, 0.2) is 29.2 Å². The molecule has 0 unspecified atom stereocenters. The molecule has 1 aliphatic carbocycles. The van der Waals surface area contributed by atoms with Gasteiger partial charge in [0.25, 0.3) is 0 Å². The number of hydrogen-bond acceptors (Lipinski definition) is 3. The molecule has 3 nitrogen and oxygen atoms in total. The van der Waals surface area contributed by atoms with Crippen LogP contribution in [0.1, 0.15) is 32.3 Å². The van der Waals surface area contributed by atoms with Gasteiger partial charge < -0.3 is 10.6 Å². The predicted molar refractivity (Wildman–Crippen MR) is 84.6 cm³/mol. The van der Waals surface area contributed by atoms with E-state index >= 15 is 0 Å². The summed E-state index contributed by atoms with van der Waals surface area (Å²) in [6.45, 7) is 4.68. The van der Waals surface area contributed by atoms with Crippen LogP contribution in [0, 0.1) is 5.92 Å². The third kappa shape index (κ3) is 3.76. The van der Waals surface area contributed by atoms with E-state index in [-0.39, 0.29) is 17.9 Å². The van der Waals surface area contributed by atoms with Crippen LogP contribution in [0.4, 0.5) is 0 Å². The van der Waals surface area contributed by atoms with Gasteiger partial charge in [0.15, 0.2) is 0 Å². The lowest BCUT2D eigenvalue weighted by molar-refractivity contribution is -0.134. The molecule has 0 aliphatic heterocycles. The molecule has 0 radical (unpaired) electrons. The third-order valence-corrected chi connectivity index (χ3v) is 4.53. The summed E-state index contributed by atoms with van der Waals surface area (Å²) in [5, 5.41) is 0. The minimum Gasteiger partial charge on any atom is -0.334 e. The summed E-state index contributed by atoms with van der Waals surface area (Å²) >= 11 is 1.73. The Hall–Kier alpha value is -1.00. The molecule has 1 aliphatic rings. The zero-order valence-corrected chi connectivity index (χ0v) is 13.3. The molecule has 110 valence electrons. The number of hydrogen-bond donors (Lipinski definition) is 1. The number of carbonyl (C=O) groups excluding carboxylic acids is 1. The van der Waals surface area contributed by atoms with E-state index in [2.05, 4.69) is 30.5 Å². The summed E-state index contributed by atoms with van der Waals surface area (Å²) in [6.07, 6.45) is 4.29. The average Bonchev–Trinajstić information content (AvgIpc) is 3.28. The monoisotopic (exact) mass is 292 g/mol. The Kier molecular flexibility index (Phi) is 5.11. The first-order chi connectivity index (χ1) is 9.52. The SMILES string of the molecule is CSc1ccc(CN(C(=O)[C@@H](N)C(C)C)C2CC2)cc1. The minimum atomic E-state index is -0.388. The fourth-order valence-corrected chi connectivity index (χ4v) is 2.59. The van der Waals surface area contributed by atoms with E-state index in [1.165, 1.54) is 10.5 Å². The molecule has 0 spiro atoms. The van der Waals surface area contributed by atoms with Crippen LogP contribution in [0.25, 0.3) is 0 Å². The van der Waals surface area contributed by atoms with E-state index in [4.69, 9.17) is 5.73 Å². The summed E-state index contributed by atoms with van der Waals surface area (Å²) in [4.78, 5) is 15.7. The molecule has 0 saturated heterocycles. The molecular formula is C16H24N2OS. The summed E-state index contributed by atoms with van der Waals surface area (Å²) in [5.41, 5.74) is 7.21. The molecular weight excluding hydrogens is 268 g/mol. The van der Waals surface area contributed by atoms with Crippen LogP contribution in [0.5, 0.6) is 0 Å². The zero-order chi connectivity index (χ0) is 14.7. The van der Waals surface area contributed by atoms with E-state index in [9.17, 15) is 4.79 Å². The molecule has 0 bridgehead atoms. The van der Waals surface area contributed by atoms with Gasteiger partial charge in [0.05, 0.1) is 6.04 Å². The zero-order valence-electron chi connectivity index (χ0n) is 12.5. The Balaban J connectivity index is 2.07. The molecule has 0 heterocycles. The van der Waals surface area contributed by atoms with Crippen LogP contribution in [-0.4, -0.2) is 29.1 Å². The lowest BCUT2D eigenvalue weighted by Gasteiger charge is -2.27. The molecule has 1 amide bonds. The molecule has 2 N–H and O–H groups in total. The first kappa shape index (κ1) is 15.4. The van der Waals surface area contributed by atoms with Crippen molar-refractivity contribution >= 4 is 17.7 Å². The minimum absolute atomic E-state index is 0.0939. The van der Waals surface area contributed by atoms with E-state index in [1.54, 1.807) is 11.8 Å². The molecule has 1 aromatic carbocycles. The van der Waals surface area contributed by atoms with Crippen molar-refractivity contribution in [1.29, 1.82) is 0 Å². The van der Waals surface area contributed by atoms with E-state index in [1.807, 2.05) is 18.7 Å². The van der Waals surface area contributed by atoms with Crippen molar-refractivity contribution < 1.29 is 4.79 Å². The first-order valence-corrected chi connectivity index (χ1v) is 8.44. The van der Waals surface area contributed by atoms with Gasteiger partial charge >= 0.3 is 0 Å². The molecule has 1 saturated carbocycles. The van der Waals surface area contributed by atoms with Crippen molar-refractivity contribution in [1.82, 2.24) is 4.90 Å². The number of amides is 1. The Labute approximate surface area is 125 Å². The Morgan fingerprint density at radius 3 is 2.40 bits per heavy atom. The maximum Gasteiger partial charge on any atom is 0.240 e. The number of thioether (sulfide) groups is 1. The maximum absolute atomic E-state index is 12.5. The number of nitrogens with zero attached hydrogens (tertiary/aromatic N) is 1. The lowest BCUT2D eigenvalue weighted by atomic mass is 10.0. The fraction of sp³-hybridized carbons (Fsp3) is 0.562. The molecule has 1 fully saturated rings. The largest absolute Gasteiger partial charge is 0.334 e. The van der Waals surface area contributed by atoms with Gasteiger partial charge in [-0.1, -0.05) is 26.0 Å². The van der Waals surface area contributed by atoms with Gasteiger partial charge in [0, 0.05) is 17.5 Å². The van der Waals surface area contributed by atoms with Crippen LogP contribution in [-0.2, 0) is 11.3 Å². The Bertz CT molecular complexity index is 454. The van der Waals surface area contributed by atoms with Crippen molar-refractivity contribution in [2.45, 2.75) is 50.2 Å². The summed E-state index contributed by atoms with van der Waals surface area (Å²) < 4.78 is 0. The predicted octanol–water partition coefficient (Wildman–Crippen LogP) is 2.88. The molecule has 4 heteroatoms. The van der Waals surface area contributed by atoms with Gasteiger partial charge in [0.1, 0.15) is 0 Å². The fourth-order valence-electron chi connectivity index (χ4n) is 2.18. The summed E-state index contributed by atoms with van der Waals surface area (Å²) in [7, 11) is 0. The van der Waals surface area contributed by atoms with Gasteiger partial charge in [0.2, 0.25) is 5.91 Å². The van der Waals surface area contributed by atoms with Crippen molar-refractivity contribution in [3.63, 3.8) is 0 Å². The second kappa shape index (κ2) is 6.64. The molecule has 0 aromatic heterocycles. The van der Waals surface area contributed by atoms with Crippen molar-refractivity contribution in [2.24, 2.45) is 11.7 Å². The first-order valence-electron chi connectivity index (χ1n) is 7.22. The number of nitrogens with two attached hydrogens (primary N) is 1. The molecule has 1 atom stereocenters. The van der Waals surface area contributed by atoms with Crippen LogP contribution >= 0.6 is 11.8 Å². The average molecular weight is 292 g/mol. The highest BCUT2D eigenvalue weighted by Crippen LogP contribution is 2.29. The van der Waals surface area contributed by atoms with Crippen molar-refractivity contribution in [3.05, 3.63) is 29.8 Å². The van der Waals surface area contributed by atoms with Gasteiger partial charge in [-0.25, -0.2) is 0 Å². The Morgan fingerprint density at radius 1 is 1.35 bits per heavy atom.